The van der Waals surface area contributed by atoms with Crippen LogP contribution in [0.4, 0.5) is 22.7 Å². The van der Waals surface area contributed by atoms with Gasteiger partial charge in [0.1, 0.15) is 0 Å². The van der Waals surface area contributed by atoms with Gasteiger partial charge in [0.2, 0.25) is 5.91 Å². The van der Waals surface area contributed by atoms with Gasteiger partial charge in [-0.15, -0.1) is 0 Å². The van der Waals surface area contributed by atoms with Crippen molar-refractivity contribution in [3.05, 3.63) is 80.9 Å². The Morgan fingerprint density at radius 2 is 1.23 bits per heavy atom. The molecule has 31 heavy (non-hydrogen) atoms. The van der Waals surface area contributed by atoms with E-state index >= 15 is 0 Å². The number of nitro groups is 2. The zero-order valence-electron chi connectivity index (χ0n) is 16.1. The Morgan fingerprint density at radius 3 is 1.61 bits per heavy atom. The number of carbonyl (C=O) groups excluding carboxylic acids is 1. The summed E-state index contributed by atoms with van der Waals surface area (Å²) in [6.45, 7) is 1.21. The third-order valence-corrected chi connectivity index (χ3v) is 5.27. The second-order valence-corrected chi connectivity index (χ2v) is 7.06. The number of nitrogens with zero attached hydrogens (tertiary/aromatic N) is 3. The first kappa shape index (κ1) is 18.5. The molecule has 1 amide bonds. The van der Waals surface area contributed by atoms with Crippen molar-refractivity contribution in [3.63, 3.8) is 0 Å². The highest BCUT2D eigenvalue weighted by atomic mass is 16.6. The van der Waals surface area contributed by atoms with Gasteiger partial charge in [0.05, 0.1) is 20.6 Å². The maximum absolute atomic E-state index is 12.8. The first-order valence-corrected chi connectivity index (χ1v) is 9.27. The standard InChI is InChI=1S/C22H13N3O6/c1-12(26)23-21-17(10-13-6-2-4-8-15(13)19(21)24(27)28)31-18-11-14-7-3-5-9-16(14)20(22(18)23)25(29)30/h2-11H,1H3. The van der Waals surface area contributed by atoms with Crippen LogP contribution in [0.25, 0.3) is 21.5 Å². The predicted molar refractivity (Wildman–Crippen MR) is 114 cm³/mol. The van der Waals surface area contributed by atoms with Crippen molar-refractivity contribution in [3.8, 4) is 11.5 Å². The minimum absolute atomic E-state index is 0.0812. The number of carbonyl (C=O) groups is 1. The average molecular weight is 415 g/mol. The van der Waals surface area contributed by atoms with E-state index in [2.05, 4.69) is 0 Å². The minimum atomic E-state index is -0.609. The zero-order valence-corrected chi connectivity index (χ0v) is 16.1. The molecule has 0 unspecified atom stereocenters. The Hall–Kier alpha value is -4.53. The molecule has 1 aliphatic rings. The number of nitro benzene ring substituents is 2. The molecule has 5 rings (SSSR count). The molecular weight excluding hydrogens is 402 g/mol. The molecule has 9 nitrogen and oxygen atoms in total. The van der Waals surface area contributed by atoms with E-state index in [1.54, 1.807) is 60.7 Å². The normalized spacial score (nSPS) is 12.2. The third kappa shape index (κ3) is 2.60. The van der Waals surface area contributed by atoms with E-state index < -0.39 is 15.8 Å². The monoisotopic (exact) mass is 415 g/mol. The fraction of sp³-hybridized carbons (Fsp3) is 0.0455. The van der Waals surface area contributed by atoms with Crippen molar-refractivity contribution in [2.45, 2.75) is 6.92 Å². The number of anilines is 2. The topological polar surface area (TPSA) is 116 Å². The Balaban J connectivity index is 1.96. The van der Waals surface area contributed by atoms with E-state index in [0.29, 0.717) is 21.5 Å². The van der Waals surface area contributed by atoms with Gasteiger partial charge in [-0.25, -0.2) is 0 Å². The van der Waals surface area contributed by atoms with Gasteiger partial charge < -0.3 is 4.74 Å². The lowest BCUT2D eigenvalue weighted by Gasteiger charge is -2.30. The fourth-order valence-corrected chi connectivity index (χ4v) is 4.09. The summed E-state index contributed by atoms with van der Waals surface area (Å²) in [5.41, 5.74) is -0.947. The van der Waals surface area contributed by atoms with Crippen LogP contribution in [0.1, 0.15) is 6.92 Å². The van der Waals surface area contributed by atoms with Gasteiger partial charge in [-0.1, -0.05) is 36.4 Å². The molecular formula is C22H13N3O6. The van der Waals surface area contributed by atoms with Gasteiger partial charge in [-0.2, -0.15) is 0 Å². The maximum Gasteiger partial charge on any atom is 0.304 e. The summed E-state index contributed by atoms with van der Waals surface area (Å²) < 4.78 is 5.95. The van der Waals surface area contributed by atoms with Crippen molar-refractivity contribution in [2.24, 2.45) is 0 Å². The highest BCUT2D eigenvalue weighted by Crippen LogP contribution is 2.57. The van der Waals surface area contributed by atoms with E-state index in [9.17, 15) is 25.0 Å². The molecule has 1 heterocycles. The molecule has 0 saturated heterocycles. The molecule has 152 valence electrons. The zero-order chi connectivity index (χ0) is 21.9. The number of rotatable bonds is 2. The molecule has 0 fully saturated rings. The molecule has 4 aromatic carbocycles. The molecule has 0 radical (unpaired) electrons. The molecule has 0 saturated carbocycles. The van der Waals surface area contributed by atoms with Crippen LogP contribution < -0.4 is 9.64 Å². The Morgan fingerprint density at radius 1 is 0.806 bits per heavy atom. The number of benzene rings is 4. The molecule has 0 spiro atoms. The maximum atomic E-state index is 12.8. The van der Waals surface area contributed by atoms with Crippen molar-refractivity contribution in [1.29, 1.82) is 0 Å². The van der Waals surface area contributed by atoms with Crippen LogP contribution in [0.3, 0.4) is 0 Å². The van der Waals surface area contributed by atoms with Crippen LogP contribution in [-0.2, 0) is 4.79 Å². The van der Waals surface area contributed by atoms with Gasteiger partial charge in [-0.05, 0) is 35.0 Å². The van der Waals surface area contributed by atoms with E-state index in [0.717, 1.165) is 4.90 Å². The first-order chi connectivity index (χ1) is 14.9. The highest BCUT2D eigenvalue weighted by Gasteiger charge is 2.41. The Labute approximate surface area is 174 Å². The van der Waals surface area contributed by atoms with Crippen LogP contribution in [0.15, 0.2) is 60.7 Å². The summed E-state index contributed by atoms with van der Waals surface area (Å²) in [7, 11) is 0. The van der Waals surface area contributed by atoms with E-state index in [1.807, 2.05) is 0 Å². The van der Waals surface area contributed by atoms with Gasteiger partial charge in [0.15, 0.2) is 22.9 Å². The molecule has 0 bridgehead atoms. The van der Waals surface area contributed by atoms with E-state index in [4.69, 9.17) is 4.74 Å². The van der Waals surface area contributed by atoms with Crippen molar-refractivity contribution in [1.82, 2.24) is 0 Å². The number of amides is 1. The minimum Gasteiger partial charge on any atom is -0.452 e. The molecule has 4 aromatic rings. The third-order valence-electron chi connectivity index (χ3n) is 5.27. The molecule has 9 heteroatoms. The van der Waals surface area contributed by atoms with Crippen molar-refractivity contribution < 1.29 is 19.4 Å². The van der Waals surface area contributed by atoms with Crippen molar-refractivity contribution >= 4 is 50.2 Å². The summed E-state index contributed by atoms with van der Waals surface area (Å²) in [6, 6.07) is 16.5. The summed E-state index contributed by atoms with van der Waals surface area (Å²) in [4.78, 5) is 36.7. The Kier molecular flexibility index (Phi) is 3.87. The van der Waals surface area contributed by atoms with Gasteiger partial charge in [0, 0.05) is 6.92 Å². The van der Waals surface area contributed by atoms with Crippen LogP contribution >= 0.6 is 0 Å². The molecule has 0 N–H and O–H groups in total. The van der Waals surface area contributed by atoms with Crippen LogP contribution in [0, 0.1) is 20.2 Å². The van der Waals surface area contributed by atoms with Gasteiger partial charge in [0.25, 0.3) is 0 Å². The van der Waals surface area contributed by atoms with E-state index in [-0.39, 0.29) is 34.2 Å². The lowest BCUT2D eigenvalue weighted by Crippen LogP contribution is -2.28. The van der Waals surface area contributed by atoms with Crippen LogP contribution in [0.2, 0.25) is 0 Å². The predicted octanol–water partition coefficient (Wildman–Crippen LogP) is 5.60. The molecule has 0 atom stereocenters. The second kappa shape index (κ2) is 6.49. The number of ether oxygens (including phenoxy) is 1. The average Bonchev–Trinajstić information content (AvgIpc) is 2.73. The number of hydrogen-bond acceptors (Lipinski definition) is 6. The largest absolute Gasteiger partial charge is 0.452 e. The fourth-order valence-electron chi connectivity index (χ4n) is 4.09. The first-order valence-electron chi connectivity index (χ1n) is 9.27. The summed E-state index contributed by atoms with van der Waals surface area (Å²) in [5, 5.41) is 25.9. The highest BCUT2D eigenvalue weighted by molar-refractivity contribution is 6.15. The smallest absolute Gasteiger partial charge is 0.304 e. The SMILES string of the molecule is CC(=O)N1c2c(cc3ccccc3c2[N+](=O)[O-])Oc2cc3ccccc3c([N+](=O)[O-])c21. The van der Waals surface area contributed by atoms with Crippen molar-refractivity contribution in [2.75, 3.05) is 4.90 Å². The molecule has 0 aromatic heterocycles. The molecule has 1 aliphatic heterocycles. The van der Waals surface area contributed by atoms with E-state index in [1.165, 1.54) is 6.92 Å². The Bertz CT molecular complexity index is 1360. The summed E-state index contributed by atoms with van der Waals surface area (Å²) in [6.07, 6.45) is 0. The molecule has 0 aliphatic carbocycles. The second-order valence-electron chi connectivity index (χ2n) is 7.06. The quantitative estimate of drug-likeness (QED) is 0.311. The van der Waals surface area contributed by atoms with Gasteiger partial charge >= 0.3 is 11.4 Å². The lowest BCUT2D eigenvalue weighted by molar-refractivity contribution is -0.383. The van der Waals surface area contributed by atoms with Gasteiger partial charge in [-0.3, -0.25) is 29.9 Å². The number of hydrogen-bond donors (Lipinski definition) is 0. The van der Waals surface area contributed by atoms with Crippen LogP contribution in [0.5, 0.6) is 11.5 Å². The lowest BCUT2D eigenvalue weighted by atomic mass is 10.0. The summed E-state index contributed by atoms with van der Waals surface area (Å²) in [5.74, 6) is -0.446. The summed E-state index contributed by atoms with van der Waals surface area (Å²) >= 11 is 0. The number of fused-ring (bicyclic) bond motifs is 4. The van der Waals surface area contributed by atoms with Crippen LogP contribution in [-0.4, -0.2) is 15.8 Å².